The average molecular weight is 226 g/mol. The summed E-state index contributed by atoms with van der Waals surface area (Å²) in [6, 6.07) is 0.526. The van der Waals surface area contributed by atoms with Gasteiger partial charge in [0.25, 0.3) is 0 Å². The van der Waals surface area contributed by atoms with Crippen LogP contribution in [0, 0.1) is 5.41 Å². The zero-order chi connectivity index (χ0) is 11.5. The fraction of sp³-hybridized carbons (Fsp3) is 0.750. The zero-order valence-electron chi connectivity index (χ0n) is 10.4. The smallest absolute Gasteiger partial charge is 0.0934 e. The molecule has 0 amide bonds. The Bertz CT molecular complexity index is 297. The average Bonchev–Trinajstić information content (AvgIpc) is 2.45. The number of nitrogens with zero attached hydrogens (tertiary/aromatic N) is 1. The molecule has 0 aliphatic carbocycles. The van der Waals surface area contributed by atoms with Crippen molar-refractivity contribution >= 4 is 11.3 Å². The summed E-state index contributed by atoms with van der Waals surface area (Å²) in [5.74, 6) is 0. The Hall–Kier alpha value is -0.410. The van der Waals surface area contributed by atoms with Crippen LogP contribution in [0.2, 0.25) is 0 Å². The molecular weight excluding hydrogens is 204 g/mol. The molecule has 0 aliphatic heterocycles. The van der Waals surface area contributed by atoms with E-state index in [0.717, 1.165) is 13.0 Å². The summed E-state index contributed by atoms with van der Waals surface area (Å²) in [5.41, 5.74) is 1.51. The van der Waals surface area contributed by atoms with Crippen LogP contribution in [0.3, 0.4) is 0 Å². The summed E-state index contributed by atoms with van der Waals surface area (Å²) in [6.45, 7) is 11.9. The summed E-state index contributed by atoms with van der Waals surface area (Å²) in [4.78, 5) is 4.62. The lowest BCUT2D eigenvalue weighted by molar-refractivity contribution is 0.410. The van der Waals surface area contributed by atoms with Crippen molar-refractivity contribution in [3.05, 3.63) is 16.1 Å². The van der Waals surface area contributed by atoms with Crippen LogP contribution in [0.15, 0.2) is 5.38 Å². The molecule has 0 radical (unpaired) electrons. The number of hydrogen-bond acceptors (Lipinski definition) is 3. The summed E-state index contributed by atoms with van der Waals surface area (Å²) in [6.07, 6.45) is 1.07. The van der Waals surface area contributed by atoms with Gasteiger partial charge < -0.3 is 5.32 Å². The number of aromatic nitrogens is 1. The van der Waals surface area contributed by atoms with Crippen molar-refractivity contribution in [3.8, 4) is 0 Å². The van der Waals surface area contributed by atoms with Gasteiger partial charge >= 0.3 is 0 Å². The molecule has 0 aliphatic rings. The van der Waals surface area contributed by atoms with Gasteiger partial charge in [0.2, 0.25) is 0 Å². The molecule has 0 fully saturated rings. The Labute approximate surface area is 97.1 Å². The predicted molar refractivity (Wildman–Crippen MR) is 67.2 cm³/mol. The maximum atomic E-state index is 4.62. The molecule has 0 unspecified atom stereocenters. The van der Waals surface area contributed by atoms with Gasteiger partial charge in [0, 0.05) is 24.4 Å². The third kappa shape index (κ3) is 5.28. The van der Waals surface area contributed by atoms with E-state index in [1.54, 1.807) is 11.3 Å². The van der Waals surface area contributed by atoms with Gasteiger partial charge in [-0.05, 0) is 5.41 Å². The van der Waals surface area contributed by atoms with E-state index in [-0.39, 0.29) is 0 Å². The third-order valence-electron chi connectivity index (χ3n) is 1.97. The summed E-state index contributed by atoms with van der Waals surface area (Å²) in [5, 5.41) is 6.80. The third-order valence-corrected chi connectivity index (χ3v) is 2.87. The van der Waals surface area contributed by atoms with Crippen LogP contribution in [-0.2, 0) is 13.0 Å². The van der Waals surface area contributed by atoms with E-state index in [4.69, 9.17) is 0 Å². The highest BCUT2D eigenvalue weighted by Crippen LogP contribution is 2.22. The van der Waals surface area contributed by atoms with Crippen LogP contribution in [-0.4, -0.2) is 11.0 Å². The van der Waals surface area contributed by atoms with Gasteiger partial charge in [-0.2, -0.15) is 0 Å². The van der Waals surface area contributed by atoms with E-state index in [2.05, 4.69) is 50.3 Å². The number of thiazole rings is 1. The lowest BCUT2D eigenvalue weighted by Crippen LogP contribution is -2.22. The van der Waals surface area contributed by atoms with Gasteiger partial charge in [0.15, 0.2) is 0 Å². The number of nitrogens with one attached hydrogen (secondary N) is 1. The highest BCUT2D eigenvalue weighted by Gasteiger charge is 2.13. The number of rotatable bonds is 4. The molecule has 1 aromatic heterocycles. The normalized spacial score (nSPS) is 12.4. The van der Waals surface area contributed by atoms with Gasteiger partial charge in [-0.15, -0.1) is 11.3 Å². The van der Waals surface area contributed by atoms with Crippen molar-refractivity contribution in [2.45, 2.75) is 53.6 Å². The molecule has 0 aromatic carbocycles. The SMILES string of the molecule is CC(C)NCc1csc(CC(C)(C)C)n1. The van der Waals surface area contributed by atoms with Gasteiger partial charge in [-0.1, -0.05) is 34.6 Å². The topological polar surface area (TPSA) is 24.9 Å². The minimum absolute atomic E-state index is 0.334. The summed E-state index contributed by atoms with van der Waals surface area (Å²) in [7, 11) is 0. The summed E-state index contributed by atoms with van der Waals surface area (Å²) >= 11 is 1.78. The Morgan fingerprint density at radius 3 is 2.60 bits per heavy atom. The van der Waals surface area contributed by atoms with Gasteiger partial charge in [0.05, 0.1) is 10.7 Å². The zero-order valence-corrected chi connectivity index (χ0v) is 11.2. The van der Waals surface area contributed by atoms with Crippen LogP contribution < -0.4 is 5.32 Å². The molecule has 15 heavy (non-hydrogen) atoms. The van der Waals surface area contributed by atoms with E-state index in [9.17, 15) is 0 Å². The van der Waals surface area contributed by atoms with Gasteiger partial charge in [-0.25, -0.2) is 4.98 Å². The van der Waals surface area contributed by atoms with E-state index in [1.165, 1.54) is 10.7 Å². The lowest BCUT2D eigenvalue weighted by atomic mass is 9.93. The van der Waals surface area contributed by atoms with Crippen LogP contribution in [0.5, 0.6) is 0 Å². The molecule has 0 atom stereocenters. The molecule has 1 aromatic rings. The molecule has 1 rings (SSSR count). The minimum atomic E-state index is 0.334. The monoisotopic (exact) mass is 226 g/mol. The molecule has 1 N–H and O–H groups in total. The van der Waals surface area contributed by atoms with Crippen molar-refractivity contribution in [1.82, 2.24) is 10.3 Å². The Balaban J connectivity index is 2.49. The summed E-state index contributed by atoms with van der Waals surface area (Å²) < 4.78 is 0. The molecule has 0 saturated heterocycles. The molecule has 0 spiro atoms. The molecule has 0 saturated carbocycles. The Morgan fingerprint density at radius 2 is 2.07 bits per heavy atom. The second-order valence-electron chi connectivity index (χ2n) is 5.51. The fourth-order valence-corrected chi connectivity index (χ4v) is 2.37. The first-order valence-corrected chi connectivity index (χ1v) is 6.41. The predicted octanol–water partition coefficient (Wildman–Crippen LogP) is 3.23. The van der Waals surface area contributed by atoms with Crippen LogP contribution in [0.4, 0.5) is 0 Å². The minimum Gasteiger partial charge on any atom is -0.309 e. The van der Waals surface area contributed by atoms with Crippen LogP contribution in [0.1, 0.15) is 45.3 Å². The maximum Gasteiger partial charge on any atom is 0.0934 e. The lowest BCUT2D eigenvalue weighted by Gasteiger charge is -2.15. The Kier molecular flexibility index (Phi) is 4.29. The quantitative estimate of drug-likeness (QED) is 0.852. The van der Waals surface area contributed by atoms with E-state index in [1.807, 2.05) is 0 Å². The van der Waals surface area contributed by atoms with Gasteiger partial charge in [-0.3, -0.25) is 0 Å². The largest absolute Gasteiger partial charge is 0.309 e. The van der Waals surface area contributed by atoms with Crippen molar-refractivity contribution < 1.29 is 0 Å². The molecule has 3 heteroatoms. The molecule has 2 nitrogen and oxygen atoms in total. The maximum absolute atomic E-state index is 4.62. The second-order valence-corrected chi connectivity index (χ2v) is 6.45. The highest BCUT2D eigenvalue weighted by molar-refractivity contribution is 7.09. The van der Waals surface area contributed by atoms with Crippen molar-refractivity contribution in [1.29, 1.82) is 0 Å². The molecule has 86 valence electrons. The second kappa shape index (κ2) is 5.08. The first-order chi connectivity index (χ1) is 6.87. The highest BCUT2D eigenvalue weighted by atomic mass is 32.1. The first-order valence-electron chi connectivity index (χ1n) is 5.53. The Morgan fingerprint density at radius 1 is 1.40 bits per heavy atom. The van der Waals surface area contributed by atoms with Crippen LogP contribution >= 0.6 is 11.3 Å². The van der Waals surface area contributed by atoms with Crippen LogP contribution in [0.25, 0.3) is 0 Å². The van der Waals surface area contributed by atoms with Crippen molar-refractivity contribution in [2.24, 2.45) is 5.41 Å². The molecule has 0 bridgehead atoms. The van der Waals surface area contributed by atoms with E-state index in [0.29, 0.717) is 11.5 Å². The van der Waals surface area contributed by atoms with E-state index >= 15 is 0 Å². The van der Waals surface area contributed by atoms with E-state index < -0.39 is 0 Å². The van der Waals surface area contributed by atoms with Gasteiger partial charge in [0.1, 0.15) is 0 Å². The van der Waals surface area contributed by atoms with Crippen molar-refractivity contribution in [2.75, 3.05) is 0 Å². The van der Waals surface area contributed by atoms with Crippen molar-refractivity contribution in [3.63, 3.8) is 0 Å². The fourth-order valence-electron chi connectivity index (χ4n) is 1.27. The number of hydrogen-bond donors (Lipinski definition) is 1. The standard InChI is InChI=1S/C12H22N2S/c1-9(2)13-7-10-8-15-11(14-10)6-12(3,4)5/h8-9,13H,6-7H2,1-5H3. The first kappa shape index (κ1) is 12.7. The molecule has 1 heterocycles. The molecular formula is C12H22N2S.